The minimum atomic E-state index is -1.82. The Morgan fingerprint density at radius 3 is 1.14 bits per heavy atom. The fourth-order valence-corrected chi connectivity index (χ4v) is 0. The Kier molecular flexibility index (Phi) is 7.12. The van der Waals surface area contributed by atoms with Gasteiger partial charge in [-0.2, -0.15) is 0 Å². The van der Waals surface area contributed by atoms with Crippen LogP contribution in [0.5, 0.6) is 0 Å². The summed E-state index contributed by atoms with van der Waals surface area (Å²) in [6, 6.07) is 0. The standard InChI is InChI=1S/C2H2O4.K.H/c3-1(4)2(5)6;;/h(H,3,4)(H,5,6);;. The zero-order valence-electron chi connectivity index (χ0n) is 2.71. The van der Waals surface area contributed by atoms with Gasteiger partial charge < -0.3 is 10.2 Å². The maximum atomic E-state index is 9.10. The molecular weight excluding hydrogens is 127 g/mol. The van der Waals surface area contributed by atoms with Crippen LogP contribution < -0.4 is 0 Å². The monoisotopic (exact) mass is 130 g/mol. The molecule has 36 valence electrons. The first-order valence-corrected chi connectivity index (χ1v) is 1.11. The molecule has 5 heteroatoms. The van der Waals surface area contributed by atoms with Crippen molar-refractivity contribution in [3.8, 4) is 0 Å². The van der Waals surface area contributed by atoms with Crippen molar-refractivity contribution in [1.82, 2.24) is 0 Å². The van der Waals surface area contributed by atoms with Crippen molar-refractivity contribution < 1.29 is 19.8 Å². The van der Waals surface area contributed by atoms with Crippen LogP contribution >= 0.6 is 0 Å². The molecule has 0 saturated heterocycles. The second-order valence-electron chi connectivity index (χ2n) is 0.610. The topological polar surface area (TPSA) is 74.6 Å². The third kappa shape index (κ3) is 6.58. The van der Waals surface area contributed by atoms with Gasteiger partial charge in [0.15, 0.2) is 0 Å². The molecule has 0 heterocycles. The average molecular weight is 130 g/mol. The van der Waals surface area contributed by atoms with Crippen molar-refractivity contribution in [2.75, 3.05) is 0 Å². The normalized spacial score (nSPS) is 6.29. The van der Waals surface area contributed by atoms with Gasteiger partial charge in [0.2, 0.25) is 0 Å². The van der Waals surface area contributed by atoms with E-state index in [2.05, 4.69) is 0 Å². The van der Waals surface area contributed by atoms with Crippen molar-refractivity contribution in [2.45, 2.75) is 0 Å². The second kappa shape index (κ2) is 4.73. The van der Waals surface area contributed by atoms with Gasteiger partial charge in [-0.3, -0.25) is 0 Å². The van der Waals surface area contributed by atoms with E-state index in [9.17, 15) is 0 Å². The molecule has 0 bridgehead atoms. The fourth-order valence-electron chi connectivity index (χ4n) is 0. The van der Waals surface area contributed by atoms with Crippen LogP contribution in [-0.4, -0.2) is 73.5 Å². The van der Waals surface area contributed by atoms with Gasteiger partial charge in [-0.15, -0.1) is 0 Å². The molecule has 0 saturated carbocycles. The van der Waals surface area contributed by atoms with Gasteiger partial charge in [0.25, 0.3) is 0 Å². The van der Waals surface area contributed by atoms with Crippen molar-refractivity contribution in [3.63, 3.8) is 0 Å². The maximum absolute atomic E-state index is 9.10. The van der Waals surface area contributed by atoms with Crippen LogP contribution in [0, 0.1) is 0 Å². The molecule has 0 aromatic rings. The Bertz CT molecular complexity index is 75.7. The number of hydrogen-bond acceptors (Lipinski definition) is 2. The summed E-state index contributed by atoms with van der Waals surface area (Å²) in [5, 5.41) is 14.8. The molecule has 0 aliphatic rings. The van der Waals surface area contributed by atoms with E-state index < -0.39 is 11.9 Å². The molecule has 0 rings (SSSR count). The SMILES string of the molecule is O=C(O)C(=O)O.[KH]. The summed E-state index contributed by atoms with van der Waals surface area (Å²) in [6.45, 7) is 0. The first-order valence-electron chi connectivity index (χ1n) is 1.11. The zero-order chi connectivity index (χ0) is 5.15. The third-order valence-electron chi connectivity index (χ3n) is 0.183. The summed E-state index contributed by atoms with van der Waals surface area (Å²) in [6.07, 6.45) is 0. The summed E-state index contributed by atoms with van der Waals surface area (Å²) in [5.41, 5.74) is 0. The average Bonchev–Trinajstić information content (AvgIpc) is 1.36. The molecule has 0 atom stereocenters. The Morgan fingerprint density at radius 2 is 1.14 bits per heavy atom. The summed E-state index contributed by atoms with van der Waals surface area (Å²) in [7, 11) is 0. The first kappa shape index (κ1) is 10.5. The van der Waals surface area contributed by atoms with Gasteiger partial charge in [-0.1, -0.05) is 0 Å². The minimum absolute atomic E-state index is 0. The fraction of sp³-hybridized carbons (Fsp3) is 0. The molecule has 7 heavy (non-hydrogen) atoms. The molecule has 0 aliphatic heterocycles. The Hall–Kier alpha value is 0.576. The Balaban J connectivity index is 0. The molecule has 0 aromatic heterocycles. The number of aliphatic carboxylic acids is 2. The number of hydrogen-bond donors (Lipinski definition) is 2. The molecule has 0 fully saturated rings. The van der Waals surface area contributed by atoms with Crippen LogP contribution in [-0.2, 0) is 9.59 Å². The van der Waals surface area contributed by atoms with Crippen LogP contribution in [0.15, 0.2) is 0 Å². The third-order valence-corrected chi connectivity index (χ3v) is 0.183. The quantitative estimate of drug-likeness (QED) is 0.309. The molecule has 0 amide bonds. The van der Waals surface area contributed by atoms with Gasteiger partial charge in [-0.05, 0) is 0 Å². The van der Waals surface area contributed by atoms with E-state index in [1.165, 1.54) is 0 Å². The van der Waals surface area contributed by atoms with Crippen molar-refractivity contribution in [1.29, 1.82) is 0 Å². The van der Waals surface area contributed by atoms with Crippen LogP contribution in [0.25, 0.3) is 0 Å². The van der Waals surface area contributed by atoms with E-state index in [-0.39, 0.29) is 51.4 Å². The Morgan fingerprint density at radius 1 is 1.00 bits per heavy atom. The van der Waals surface area contributed by atoms with Crippen LogP contribution in [0.4, 0.5) is 0 Å². The first-order chi connectivity index (χ1) is 2.64. The van der Waals surface area contributed by atoms with E-state index in [1.807, 2.05) is 0 Å². The summed E-state index contributed by atoms with van der Waals surface area (Å²) in [4.78, 5) is 18.2. The number of carbonyl (C=O) groups is 2. The van der Waals surface area contributed by atoms with Gasteiger partial charge in [0, 0.05) is 0 Å². The Labute approximate surface area is 81.9 Å². The molecule has 0 unspecified atom stereocenters. The molecule has 0 radical (unpaired) electrons. The van der Waals surface area contributed by atoms with Crippen LogP contribution in [0.1, 0.15) is 0 Å². The number of carboxylic acids is 2. The number of rotatable bonds is 0. The molecule has 0 spiro atoms. The van der Waals surface area contributed by atoms with Gasteiger partial charge >= 0.3 is 63.3 Å². The predicted octanol–water partition coefficient (Wildman–Crippen LogP) is -1.49. The molecule has 0 aliphatic carbocycles. The van der Waals surface area contributed by atoms with Crippen molar-refractivity contribution in [3.05, 3.63) is 0 Å². The molecule has 0 aromatic carbocycles. The summed E-state index contributed by atoms with van der Waals surface area (Å²) < 4.78 is 0. The van der Waals surface area contributed by atoms with E-state index in [0.717, 1.165) is 0 Å². The van der Waals surface area contributed by atoms with Crippen molar-refractivity contribution >= 4 is 63.3 Å². The van der Waals surface area contributed by atoms with E-state index in [4.69, 9.17) is 19.8 Å². The van der Waals surface area contributed by atoms with Crippen LogP contribution in [0.2, 0.25) is 0 Å². The predicted molar refractivity (Wildman–Crippen MR) is 22.4 cm³/mol. The zero-order valence-corrected chi connectivity index (χ0v) is 2.71. The molecule has 2 N–H and O–H groups in total. The van der Waals surface area contributed by atoms with Crippen molar-refractivity contribution in [2.24, 2.45) is 0 Å². The van der Waals surface area contributed by atoms with Gasteiger partial charge in [-0.25, -0.2) is 9.59 Å². The van der Waals surface area contributed by atoms with Gasteiger partial charge in [0.1, 0.15) is 0 Å². The van der Waals surface area contributed by atoms with E-state index >= 15 is 0 Å². The van der Waals surface area contributed by atoms with Crippen LogP contribution in [0.3, 0.4) is 0 Å². The molecular formula is C2H3KO4. The van der Waals surface area contributed by atoms with E-state index in [1.54, 1.807) is 0 Å². The van der Waals surface area contributed by atoms with Gasteiger partial charge in [0.05, 0.1) is 0 Å². The summed E-state index contributed by atoms with van der Waals surface area (Å²) >= 11 is 0. The second-order valence-corrected chi connectivity index (χ2v) is 0.610. The van der Waals surface area contributed by atoms with E-state index in [0.29, 0.717) is 0 Å². The number of carboxylic acid groups (broad SMARTS) is 2. The summed E-state index contributed by atoms with van der Waals surface area (Å²) in [5.74, 6) is -3.65. The molecule has 4 nitrogen and oxygen atoms in total.